The summed E-state index contributed by atoms with van der Waals surface area (Å²) < 4.78 is 0.546. The van der Waals surface area contributed by atoms with Crippen LogP contribution in [0.4, 0.5) is 0 Å². The number of hydrogen-bond donors (Lipinski definition) is 1. The fraction of sp³-hybridized carbons (Fsp3) is 0.556. The van der Waals surface area contributed by atoms with Crippen molar-refractivity contribution in [2.75, 3.05) is 5.75 Å². The van der Waals surface area contributed by atoms with Crippen LogP contribution < -0.4 is 5.56 Å². The van der Waals surface area contributed by atoms with E-state index in [1.165, 1.54) is 12.2 Å². The lowest BCUT2D eigenvalue weighted by atomic mass is 10.2. The average molecular weight is 275 g/mol. The van der Waals surface area contributed by atoms with Gasteiger partial charge in [0.2, 0.25) is 0 Å². The second-order valence-corrected chi connectivity index (χ2v) is 5.46. The number of aromatic nitrogens is 2. The number of aromatic amines is 1. The molecule has 2 heterocycles. The normalized spacial score (nSPS) is 21.4. The fourth-order valence-electron chi connectivity index (χ4n) is 1.54. The van der Waals surface area contributed by atoms with Gasteiger partial charge in [-0.1, -0.05) is 0 Å². The molecule has 1 unspecified atom stereocenters. The quantitative estimate of drug-likeness (QED) is 0.856. The molecule has 5 heteroatoms. The van der Waals surface area contributed by atoms with Gasteiger partial charge < -0.3 is 4.98 Å². The van der Waals surface area contributed by atoms with Gasteiger partial charge >= 0.3 is 0 Å². The number of nitrogens with one attached hydrogen (secondary N) is 1. The van der Waals surface area contributed by atoms with Crippen molar-refractivity contribution in [2.24, 2.45) is 0 Å². The topological polar surface area (TPSA) is 45.8 Å². The zero-order valence-corrected chi connectivity index (χ0v) is 10.2. The van der Waals surface area contributed by atoms with Crippen LogP contribution in [0.15, 0.2) is 9.27 Å². The Labute approximate surface area is 94.8 Å². The third-order valence-electron chi connectivity index (χ3n) is 2.28. The molecule has 0 spiro atoms. The Morgan fingerprint density at radius 3 is 3.00 bits per heavy atom. The average Bonchev–Trinajstić information content (AvgIpc) is 2.66. The van der Waals surface area contributed by atoms with Gasteiger partial charge in [-0.2, -0.15) is 11.8 Å². The summed E-state index contributed by atoms with van der Waals surface area (Å²) in [6, 6.07) is 0. The van der Waals surface area contributed by atoms with Crippen molar-refractivity contribution in [2.45, 2.75) is 25.0 Å². The first-order valence-corrected chi connectivity index (χ1v) is 6.40. The lowest BCUT2D eigenvalue weighted by Crippen LogP contribution is -2.15. The molecular formula is C9H11BrN2OS. The van der Waals surface area contributed by atoms with Crippen LogP contribution in [0.3, 0.4) is 0 Å². The number of H-pyrrole nitrogens is 1. The molecule has 0 amide bonds. The van der Waals surface area contributed by atoms with Gasteiger partial charge in [-0.25, -0.2) is 4.98 Å². The zero-order valence-electron chi connectivity index (χ0n) is 7.84. The molecule has 76 valence electrons. The molecule has 1 atom stereocenters. The SMILES string of the molecule is Cc1nc(C2CCCS2)[nH]c(=O)c1Br. The van der Waals surface area contributed by atoms with Crippen LogP contribution in [0.1, 0.15) is 29.6 Å². The van der Waals surface area contributed by atoms with Gasteiger partial charge in [-0.3, -0.25) is 4.79 Å². The van der Waals surface area contributed by atoms with Gasteiger partial charge in [0.15, 0.2) is 0 Å². The summed E-state index contributed by atoms with van der Waals surface area (Å²) in [7, 11) is 0. The Morgan fingerprint density at radius 1 is 1.64 bits per heavy atom. The number of aryl methyl sites for hydroxylation is 1. The molecule has 0 radical (unpaired) electrons. The van der Waals surface area contributed by atoms with E-state index in [9.17, 15) is 4.79 Å². The molecule has 1 aromatic heterocycles. The monoisotopic (exact) mass is 274 g/mol. The molecule has 1 saturated heterocycles. The Balaban J connectivity index is 2.39. The van der Waals surface area contributed by atoms with Gasteiger partial charge in [-0.15, -0.1) is 0 Å². The van der Waals surface area contributed by atoms with Crippen molar-refractivity contribution in [1.29, 1.82) is 0 Å². The zero-order chi connectivity index (χ0) is 10.1. The van der Waals surface area contributed by atoms with E-state index in [0.29, 0.717) is 9.72 Å². The largest absolute Gasteiger partial charge is 0.309 e. The van der Waals surface area contributed by atoms with Crippen LogP contribution in [-0.2, 0) is 0 Å². The minimum atomic E-state index is -0.0694. The third kappa shape index (κ3) is 1.88. The molecule has 2 rings (SSSR count). The highest BCUT2D eigenvalue weighted by atomic mass is 79.9. The Morgan fingerprint density at radius 2 is 2.43 bits per heavy atom. The number of rotatable bonds is 1. The maximum absolute atomic E-state index is 11.5. The Bertz CT molecular complexity index is 398. The van der Waals surface area contributed by atoms with E-state index in [1.807, 2.05) is 18.7 Å². The van der Waals surface area contributed by atoms with Gasteiger partial charge in [-0.05, 0) is 41.4 Å². The molecule has 0 bridgehead atoms. The van der Waals surface area contributed by atoms with E-state index in [4.69, 9.17) is 0 Å². The van der Waals surface area contributed by atoms with E-state index in [0.717, 1.165) is 17.9 Å². The molecule has 1 N–H and O–H groups in total. The highest BCUT2D eigenvalue weighted by molar-refractivity contribution is 9.10. The summed E-state index contributed by atoms with van der Waals surface area (Å²) in [5, 5.41) is 0.384. The van der Waals surface area contributed by atoms with Gasteiger partial charge in [0.1, 0.15) is 10.3 Å². The summed E-state index contributed by atoms with van der Waals surface area (Å²) in [6.07, 6.45) is 2.34. The summed E-state index contributed by atoms with van der Waals surface area (Å²) in [6.45, 7) is 1.85. The van der Waals surface area contributed by atoms with Crippen LogP contribution in [0, 0.1) is 6.92 Å². The predicted molar refractivity (Wildman–Crippen MR) is 61.7 cm³/mol. The Kier molecular flexibility index (Phi) is 2.97. The molecule has 3 nitrogen and oxygen atoms in total. The van der Waals surface area contributed by atoms with Crippen LogP contribution >= 0.6 is 27.7 Å². The highest BCUT2D eigenvalue weighted by Crippen LogP contribution is 2.37. The Hall–Kier alpha value is -0.290. The number of hydrogen-bond acceptors (Lipinski definition) is 3. The lowest BCUT2D eigenvalue weighted by Gasteiger charge is -2.08. The van der Waals surface area contributed by atoms with Crippen LogP contribution in [0.25, 0.3) is 0 Å². The van der Waals surface area contributed by atoms with Crippen molar-refractivity contribution in [1.82, 2.24) is 9.97 Å². The first-order chi connectivity index (χ1) is 6.68. The van der Waals surface area contributed by atoms with E-state index >= 15 is 0 Å². The third-order valence-corrected chi connectivity index (χ3v) is 4.60. The van der Waals surface area contributed by atoms with E-state index < -0.39 is 0 Å². The van der Waals surface area contributed by atoms with Gasteiger partial charge in [0, 0.05) is 0 Å². The van der Waals surface area contributed by atoms with Crippen LogP contribution in [-0.4, -0.2) is 15.7 Å². The molecule has 1 aliphatic heterocycles. The second-order valence-electron chi connectivity index (χ2n) is 3.35. The molecule has 1 fully saturated rings. The second kappa shape index (κ2) is 4.06. The summed E-state index contributed by atoms with van der Waals surface area (Å²) in [5.74, 6) is 2.00. The maximum Gasteiger partial charge on any atom is 0.265 e. The predicted octanol–water partition coefficient (Wildman–Crippen LogP) is 2.41. The molecule has 0 aliphatic carbocycles. The summed E-state index contributed by atoms with van der Waals surface area (Å²) >= 11 is 5.08. The molecule has 0 aromatic carbocycles. The fourth-order valence-corrected chi connectivity index (χ4v) is 2.95. The number of thioether (sulfide) groups is 1. The van der Waals surface area contributed by atoms with E-state index in [2.05, 4.69) is 25.9 Å². The summed E-state index contributed by atoms with van der Waals surface area (Å²) in [5.41, 5.74) is 0.705. The smallest absolute Gasteiger partial charge is 0.265 e. The van der Waals surface area contributed by atoms with Crippen molar-refractivity contribution in [3.05, 3.63) is 26.3 Å². The minimum Gasteiger partial charge on any atom is -0.309 e. The molecule has 1 aromatic rings. The molecular weight excluding hydrogens is 264 g/mol. The standard InChI is InChI=1S/C9H11BrN2OS/c1-5-7(10)9(13)12-8(11-5)6-3-2-4-14-6/h6H,2-4H2,1H3,(H,11,12,13). The minimum absolute atomic E-state index is 0.0694. The van der Waals surface area contributed by atoms with E-state index in [-0.39, 0.29) is 5.56 Å². The maximum atomic E-state index is 11.5. The van der Waals surface area contributed by atoms with Crippen molar-refractivity contribution in [3.63, 3.8) is 0 Å². The van der Waals surface area contributed by atoms with E-state index in [1.54, 1.807) is 0 Å². The van der Waals surface area contributed by atoms with Gasteiger partial charge in [0.05, 0.1) is 10.9 Å². The number of halogens is 1. The first-order valence-electron chi connectivity index (χ1n) is 4.56. The van der Waals surface area contributed by atoms with Crippen LogP contribution in [0.5, 0.6) is 0 Å². The first kappa shape index (κ1) is 10.2. The van der Waals surface area contributed by atoms with Crippen molar-refractivity contribution >= 4 is 27.7 Å². The highest BCUT2D eigenvalue weighted by Gasteiger charge is 2.20. The van der Waals surface area contributed by atoms with Crippen molar-refractivity contribution < 1.29 is 0 Å². The lowest BCUT2D eigenvalue weighted by molar-refractivity contribution is 0.763. The van der Waals surface area contributed by atoms with Crippen LogP contribution in [0.2, 0.25) is 0 Å². The summed E-state index contributed by atoms with van der Waals surface area (Å²) in [4.78, 5) is 18.7. The van der Waals surface area contributed by atoms with Gasteiger partial charge in [0.25, 0.3) is 5.56 Å². The molecule has 0 saturated carbocycles. The molecule has 14 heavy (non-hydrogen) atoms. The van der Waals surface area contributed by atoms with Crippen molar-refractivity contribution in [3.8, 4) is 0 Å². The molecule has 1 aliphatic rings. The number of nitrogens with zero attached hydrogens (tertiary/aromatic N) is 1.